The SMILES string of the molecule is O=C(NC(Cc1ccc(O)cc1)C(=O)O)c1ccc[nH]1. The number of nitrogens with one attached hydrogen (secondary N) is 2. The molecule has 0 fully saturated rings. The number of phenols is 1. The van der Waals surface area contributed by atoms with Gasteiger partial charge in [0.05, 0.1) is 0 Å². The van der Waals surface area contributed by atoms with Crippen molar-refractivity contribution >= 4 is 11.9 Å². The quantitative estimate of drug-likeness (QED) is 0.656. The van der Waals surface area contributed by atoms with Gasteiger partial charge in [0.2, 0.25) is 0 Å². The van der Waals surface area contributed by atoms with E-state index in [1.165, 1.54) is 12.1 Å². The average Bonchev–Trinajstić information content (AvgIpc) is 2.94. The van der Waals surface area contributed by atoms with Crippen molar-refractivity contribution in [2.45, 2.75) is 12.5 Å². The molecule has 1 unspecified atom stereocenters. The van der Waals surface area contributed by atoms with Crippen LogP contribution in [0.2, 0.25) is 0 Å². The van der Waals surface area contributed by atoms with Crippen LogP contribution in [0.1, 0.15) is 16.1 Å². The van der Waals surface area contributed by atoms with E-state index in [9.17, 15) is 14.7 Å². The number of benzene rings is 1. The summed E-state index contributed by atoms with van der Waals surface area (Å²) < 4.78 is 0. The van der Waals surface area contributed by atoms with Gasteiger partial charge in [-0.05, 0) is 29.8 Å². The Bertz CT molecular complexity index is 590. The van der Waals surface area contributed by atoms with Gasteiger partial charge in [0, 0.05) is 12.6 Å². The lowest BCUT2D eigenvalue weighted by molar-refractivity contribution is -0.139. The van der Waals surface area contributed by atoms with Crippen LogP contribution >= 0.6 is 0 Å². The van der Waals surface area contributed by atoms with Gasteiger partial charge in [-0.15, -0.1) is 0 Å². The van der Waals surface area contributed by atoms with Gasteiger partial charge in [0.1, 0.15) is 17.5 Å². The molecular weight excluding hydrogens is 260 g/mol. The Morgan fingerprint density at radius 3 is 2.45 bits per heavy atom. The minimum absolute atomic E-state index is 0.107. The number of aromatic amines is 1. The summed E-state index contributed by atoms with van der Waals surface area (Å²) in [4.78, 5) is 25.7. The van der Waals surface area contributed by atoms with Gasteiger partial charge in [0.15, 0.2) is 0 Å². The maximum absolute atomic E-state index is 11.8. The van der Waals surface area contributed by atoms with E-state index in [2.05, 4.69) is 10.3 Å². The van der Waals surface area contributed by atoms with Crippen LogP contribution in [0.25, 0.3) is 0 Å². The highest BCUT2D eigenvalue weighted by Gasteiger charge is 2.21. The molecule has 1 aromatic heterocycles. The summed E-state index contributed by atoms with van der Waals surface area (Å²) in [6.07, 6.45) is 1.73. The zero-order chi connectivity index (χ0) is 14.5. The molecule has 2 rings (SSSR count). The molecule has 0 aliphatic rings. The number of H-pyrrole nitrogens is 1. The fourth-order valence-corrected chi connectivity index (χ4v) is 1.78. The third-order valence-electron chi connectivity index (χ3n) is 2.82. The lowest BCUT2D eigenvalue weighted by Crippen LogP contribution is -2.42. The molecule has 4 N–H and O–H groups in total. The van der Waals surface area contributed by atoms with Crippen LogP contribution < -0.4 is 5.32 Å². The largest absolute Gasteiger partial charge is 0.508 e. The number of phenolic OH excluding ortho intramolecular Hbond substituents is 1. The lowest BCUT2D eigenvalue weighted by atomic mass is 10.1. The van der Waals surface area contributed by atoms with Crippen LogP contribution in [0.15, 0.2) is 42.6 Å². The number of rotatable bonds is 5. The number of aliphatic carboxylic acids is 1. The summed E-state index contributed by atoms with van der Waals surface area (Å²) in [5.74, 6) is -1.48. The second kappa shape index (κ2) is 5.92. The Balaban J connectivity index is 2.06. The fourth-order valence-electron chi connectivity index (χ4n) is 1.78. The molecule has 0 saturated carbocycles. The van der Waals surface area contributed by atoms with E-state index in [1.807, 2.05) is 0 Å². The molecule has 1 heterocycles. The summed E-state index contributed by atoms with van der Waals surface area (Å²) in [5, 5.41) is 20.8. The van der Waals surface area contributed by atoms with Gasteiger partial charge in [0.25, 0.3) is 5.91 Å². The molecule has 1 aromatic carbocycles. The van der Waals surface area contributed by atoms with Crippen molar-refractivity contribution in [1.29, 1.82) is 0 Å². The molecule has 6 nitrogen and oxygen atoms in total. The standard InChI is InChI=1S/C14H14N2O4/c17-10-5-3-9(4-6-10)8-12(14(19)20)16-13(18)11-2-1-7-15-11/h1-7,12,15,17H,8H2,(H,16,18)(H,19,20). The first-order valence-electron chi connectivity index (χ1n) is 6.01. The van der Waals surface area contributed by atoms with Gasteiger partial charge in [-0.2, -0.15) is 0 Å². The van der Waals surface area contributed by atoms with Gasteiger partial charge in [-0.25, -0.2) is 4.79 Å². The lowest BCUT2D eigenvalue weighted by Gasteiger charge is -2.14. The molecule has 0 radical (unpaired) electrons. The van der Waals surface area contributed by atoms with E-state index in [1.54, 1.807) is 30.5 Å². The first-order valence-corrected chi connectivity index (χ1v) is 6.01. The minimum atomic E-state index is -1.11. The van der Waals surface area contributed by atoms with Crippen LogP contribution in [0.4, 0.5) is 0 Å². The molecule has 20 heavy (non-hydrogen) atoms. The summed E-state index contributed by atoms with van der Waals surface area (Å²) >= 11 is 0. The van der Waals surface area contributed by atoms with E-state index >= 15 is 0 Å². The summed E-state index contributed by atoms with van der Waals surface area (Å²) in [6, 6.07) is 8.37. The molecule has 0 aliphatic heterocycles. The van der Waals surface area contributed by atoms with Gasteiger partial charge >= 0.3 is 5.97 Å². The van der Waals surface area contributed by atoms with Crippen molar-refractivity contribution in [3.05, 3.63) is 53.9 Å². The zero-order valence-corrected chi connectivity index (χ0v) is 10.5. The highest BCUT2D eigenvalue weighted by molar-refractivity contribution is 5.95. The number of carbonyl (C=O) groups is 2. The highest BCUT2D eigenvalue weighted by atomic mass is 16.4. The van der Waals surface area contributed by atoms with Crippen LogP contribution in [0.5, 0.6) is 5.75 Å². The van der Waals surface area contributed by atoms with E-state index < -0.39 is 17.9 Å². The Kier molecular flexibility index (Phi) is 4.05. The fraction of sp³-hybridized carbons (Fsp3) is 0.143. The maximum atomic E-state index is 11.8. The Hall–Kier alpha value is -2.76. The topological polar surface area (TPSA) is 102 Å². The summed E-state index contributed by atoms with van der Waals surface area (Å²) in [6.45, 7) is 0. The van der Waals surface area contributed by atoms with E-state index in [0.29, 0.717) is 11.3 Å². The van der Waals surface area contributed by atoms with E-state index in [4.69, 9.17) is 5.11 Å². The van der Waals surface area contributed by atoms with Gasteiger partial charge in [-0.3, -0.25) is 4.79 Å². The number of carboxylic acid groups (broad SMARTS) is 1. The molecule has 0 spiro atoms. The van der Waals surface area contributed by atoms with Crippen molar-refractivity contribution in [3.8, 4) is 5.75 Å². The van der Waals surface area contributed by atoms with Crippen molar-refractivity contribution in [2.24, 2.45) is 0 Å². The molecule has 0 bridgehead atoms. The van der Waals surface area contributed by atoms with Crippen LogP contribution in [-0.4, -0.2) is 33.1 Å². The summed E-state index contributed by atoms with van der Waals surface area (Å²) in [7, 11) is 0. The van der Waals surface area contributed by atoms with Crippen LogP contribution in [0.3, 0.4) is 0 Å². The van der Waals surface area contributed by atoms with Crippen LogP contribution in [0, 0.1) is 0 Å². The number of aromatic hydroxyl groups is 1. The minimum Gasteiger partial charge on any atom is -0.508 e. The van der Waals surface area contributed by atoms with Crippen molar-refractivity contribution in [1.82, 2.24) is 10.3 Å². The van der Waals surface area contributed by atoms with Crippen molar-refractivity contribution < 1.29 is 19.8 Å². The van der Waals surface area contributed by atoms with Crippen molar-refractivity contribution in [3.63, 3.8) is 0 Å². The summed E-state index contributed by atoms with van der Waals surface area (Å²) in [5.41, 5.74) is 1.02. The predicted molar refractivity (Wildman–Crippen MR) is 71.5 cm³/mol. The number of aromatic nitrogens is 1. The number of carbonyl (C=O) groups excluding carboxylic acids is 1. The molecule has 0 saturated heterocycles. The highest BCUT2D eigenvalue weighted by Crippen LogP contribution is 2.11. The predicted octanol–water partition coefficient (Wildman–Crippen LogP) is 1.15. The Morgan fingerprint density at radius 2 is 1.90 bits per heavy atom. The third kappa shape index (κ3) is 3.38. The Morgan fingerprint density at radius 1 is 1.20 bits per heavy atom. The first-order chi connectivity index (χ1) is 9.56. The molecule has 1 atom stereocenters. The van der Waals surface area contributed by atoms with E-state index in [0.717, 1.165) is 0 Å². The second-order valence-corrected chi connectivity index (χ2v) is 4.32. The smallest absolute Gasteiger partial charge is 0.326 e. The normalized spacial score (nSPS) is 11.8. The van der Waals surface area contributed by atoms with Crippen molar-refractivity contribution in [2.75, 3.05) is 0 Å². The number of carboxylic acids is 1. The molecular formula is C14H14N2O4. The van der Waals surface area contributed by atoms with E-state index in [-0.39, 0.29) is 12.2 Å². The number of amides is 1. The third-order valence-corrected chi connectivity index (χ3v) is 2.82. The monoisotopic (exact) mass is 274 g/mol. The maximum Gasteiger partial charge on any atom is 0.326 e. The average molecular weight is 274 g/mol. The molecule has 1 amide bonds. The van der Waals surface area contributed by atoms with Gasteiger partial charge < -0.3 is 20.5 Å². The molecule has 6 heteroatoms. The number of hydrogen-bond acceptors (Lipinski definition) is 3. The second-order valence-electron chi connectivity index (χ2n) is 4.32. The van der Waals surface area contributed by atoms with Crippen LogP contribution in [-0.2, 0) is 11.2 Å². The molecule has 2 aromatic rings. The zero-order valence-electron chi connectivity index (χ0n) is 10.5. The van der Waals surface area contributed by atoms with Gasteiger partial charge in [-0.1, -0.05) is 12.1 Å². The molecule has 0 aliphatic carbocycles. The number of hydrogen-bond donors (Lipinski definition) is 4. The Labute approximate surface area is 115 Å². The first kappa shape index (κ1) is 13.7. The molecule has 104 valence electrons.